The molecule has 0 fully saturated rings. The van der Waals surface area contributed by atoms with Crippen LogP contribution in [0.5, 0.6) is 0 Å². The molecule has 0 radical (unpaired) electrons. The maximum Gasteiger partial charge on any atom is 0.123 e. The van der Waals surface area contributed by atoms with Crippen LogP contribution in [0.4, 0.5) is 4.39 Å². The van der Waals surface area contributed by atoms with Crippen LogP contribution in [-0.2, 0) is 4.74 Å². The van der Waals surface area contributed by atoms with Crippen LogP contribution in [-0.4, -0.2) is 24.6 Å². The molecule has 0 heterocycles. The third-order valence-corrected chi connectivity index (χ3v) is 3.02. The quantitative estimate of drug-likeness (QED) is 0.623. The fourth-order valence-electron chi connectivity index (χ4n) is 1.21. The average molecular weight is 230 g/mol. The molecule has 15 heavy (non-hydrogen) atoms. The van der Waals surface area contributed by atoms with Gasteiger partial charge in [-0.2, -0.15) is 0 Å². The molecule has 1 aromatic carbocycles. The zero-order chi connectivity index (χ0) is 11.3. The summed E-state index contributed by atoms with van der Waals surface area (Å²) in [6.45, 7) is 2.27. The molecule has 0 bridgehead atoms. The highest BCUT2D eigenvalue weighted by molar-refractivity contribution is 7.99. The van der Waals surface area contributed by atoms with Crippen molar-refractivity contribution in [3.63, 3.8) is 0 Å². The number of ether oxygens (including phenoxy) is 1. The average Bonchev–Trinajstić information content (AvgIpc) is 2.20. The third kappa shape index (κ3) is 3.81. The minimum Gasteiger partial charge on any atom is -0.389 e. The molecule has 84 valence electrons. The fraction of sp³-hybridized carbons (Fsp3) is 0.455. The highest BCUT2D eigenvalue weighted by Gasteiger charge is 2.09. The molecule has 4 heteroatoms. The molecule has 0 amide bonds. The Morgan fingerprint density at radius 2 is 2.27 bits per heavy atom. The van der Waals surface area contributed by atoms with Gasteiger partial charge in [0.15, 0.2) is 0 Å². The predicted octanol–water partition coefficient (Wildman–Crippen LogP) is 2.62. The molecule has 0 spiro atoms. The molecule has 1 rings (SSSR count). The van der Waals surface area contributed by atoms with Crippen molar-refractivity contribution in [1.82, 2.24) is 0 Å². The third-order valence-electron chi connectivity index (χ3n) is 1.97. The zero-order valence-corrected chi connectivity index (χ0v) is 9.68. The molecule has 1 unspecified atom stereocenters. The van der Waals surface area contributed by atoms with Gasteiger partial charge in [-0.1, -0.05) is 0 Å². The second-order valence-corrected chi connectivity index (χ2v) is 4.34. The monoisotopic (exact) mass is 230 g/mol. The van der Waals surface area contributed by atoms with E-state index in [2.05, 4.69) is 0 Å². The summed E-state index contributed by atoms with van der Waals surface area (Å²) in [7, 11) is 1.64. The summed E-state index contributed by atoms with van der Waals surface area (Å²) < 4.78 is 17.9. The number of halogens is 1. The van der Waals surface area contributed by atoms with Crippen LogP contribution >= 0.6 is 11.8 Å². The van der Waals surface area contributed by atoms with Gasteiger partial charge in [0.1, 0.15) is 5.82 Å². The van der Waals surface area contributed by atoms with E-state index in [0.717, 1.165) is 10.6 Å². The Balaban J connectivity index is 2.77. The number of benzene rings is 1. The molecular weight excluding hydrogens is 215 g/mol. The van der Waals surface area contributed by atoms with Gasteiger partial charge in [0.05, 0.1) is 12.7 Å². The number of aliphatic hydroxyl groups excluding tert-OH is 1. The summed E-state index contributed by atoms with van der Waals surface area (Å²) in [5, 5.41) is 9.47. The SMILES string of the molecule is COCCSc1ccc(F)cc1C(C)O. The van der Waals surface area contributed by atoms with Crippen LogP contribution in [0.15, 0.2) is 23.1 Å². The van der Waals surface area contributed by atoms with Crippen LogP contribution in [0, 0.1) is 5.82 Å². The minimum atomic E-state index is -0.647. The van der Waals surface area contributed by atoms with Crippen molar-refractivity contribution in [2.24, 2.45) is 0 Å². The van der Waals surface area contributed by atoms with Crippen molar-refractivity contribution >= 4 is 11.8 Å². The second kappa shape index (κ2) is 6.10. The largest absolute Gasteiger partial charge is 0.389 e. The van der Waals surface area contributed by atoms with Crippen molar-refractivity contribution in [2.45, 2.75) is 17.9 Å². The molecule has 0 aliphatic heterocycles. The lowest BCUT2D eigenvalue weighted by Crippen LogP contribution is -1.97. The summed E-state index contributed by atoms with van der Waals surface area (Å²) in [5.41, 5.74) is 0.635. The molecule has 1 atom stereocenters. The number of rotatable bonds is 5. The maximum absolute atomic E-state index is 13.0. The van der Waals surface area contributed by atoms with E-state index in [0.29, 0.717) is 12.2 Å². The number of hydrogen-bond acceptors (Lipinski definition) is 3. The van der Waals surface area contributed by atoms with Gasteiger partial charge in [0.2, 0.25) is 0 Å². The van der Waals surface area contributed by atoms with E-state index >= 15 is 0 Å². The van der Waals surface area contributed by atoms with Crippen LogP contribution in [0.3, 0.4) is 0 Å². The molecule has 0 saturated carbocycles. The fourth-order valence-corrected chi connectivity index (χ4v) is 2.24. The van der Waals surface area contributed by atoms with Crippen molar-refractivity contribution in [2.75, 3.05) is 19.5 Å². The van der Waals surface area contributed by atoms with Crippen molar-refractivity contribution < 1.29 is 14.2 Å². The Bertz CT molecular complexity index is 315. The standard InChI is InChI=1S/C11H15FO2S/c1-8(13)10-7-9(12)3-4-11(10)15-6-5-14-2/h3-4,7-8,13H,5-6H2,1-2H3. The molecule has 0 aliphatic carbocycles. The first kappa shape index (κ1) is 12.5. The first-order chi connectivity index (χ1) is 7.15. The molecular formula is C11H15FO2S. The van der Waals surface area contributed by atoms with Crippen molar-refractivity contribution in [3.05, 3.63) is 29.6 Å². The van der Waals surface area contributed by atoms with Gasteiger partial charge >= 0.3 is 0 Å². The smallest absolute Gasteiger partial charge is 0.123 e. The second-order valence-electron chi connectivity index (χ2n) is 3.20. The predicted molar refractivity (Wildman–Crippen MR) is 59.6 cm³/mol. The van der Waals surface area contributed by atoms with Crippen LogP contribution in [0.2, 0.25) is 0 Å². The Kier molecular flexibility index (Phi) is 5.08. The first-order valence-corrected chi connectivity index (χ1v) is 5.73. The van der Waals surface area contributed by atoms with E-state index in [4.69, 9.17) is 4.74 Å². The van der Waals surface area contributed by atoms with Gasteiger partial charge in [0, 0.05) is 17.8 Å². The van der Waals surface area contributed by atoms with E-state index < -0.39 is 6.10 Å². The summed E-state index contributed by atoms with van der Waals surface area (Å²) in [4.78, 5) is 0.906. The Labute approximate surface area is 93.5 Å². The zero-order valence-electron chi connectivity index (χ0n) is 8.87. The van der Waals surface area contributed by atoms with E-state index in [9.17, 15) is 9.50 Å². The molecule has 2 nitrogen and oxygen atoms in total. The highest BCUT2D eigenvalue weighted by atomic mass is 32.2. The summed E-state index contributed by atoms with van der Waals surface area (Å²) in [6.07, 6.45) is -0.647. The molecule has 0 aliphatic rings. The van der Waals surface area contributed by atoms with E-state index in [-0.39, 0.29) is 5.82 Å². The van der Waals surface area contributed by atoms with E-state index in [1.165, 1.54) is 12.1 Å². The van der Waals surface area contributed by atoms with E-state index in [1.54, 1.807) is 31.9 Å². The maximum atomic E-state index is 13.0. The molecule has 0 aromatic heterocycles. The lowest BCUT2D eigenvalue weighted by Gasteiger charge is -2.11. The van der Waals surface area contributed by atoms with Gasteiger partial charge < -0.3 is 9.84 Å². The Hall–Kier alpha value is -0.580. The van der Waals surface area contributed by atoms with Gasteiger partial charge in [-0.15, -0.1) is 11.8 Å². The van der Waals surface area contributed by atoms with Gasteiger partial charge in [0.25, 0.3) is 0 Å². The van der Waals surface area contributed by atoms with Gasteiger partial charge in [-0.05, 0) is 30.7 Å². The topological polar surface area (TPSA) is 29.5 Å². The van der Waals surface area contributed by atoms with Crippen molar-refractivity contribution in [3.8, 4) is 0 Å². The lowest BCUT2D eigenvalue weighted by atomic mass is 10.1. The van der Waals surface area contributed by atoms with Gasteiger partial charge in [-0.25, -0.2) is 4.39 Å². The summed E-state index contributed by atoms with van der Waals surface area (Å²) in [5.74, 6) is 0.476. The van der Waals surface area contributed by atoms with Gasteiger partial charge in [-0.3, -0.25) is 0 Å². The number of hydrogen-bond donors (Lipinski definition) is 1. The summed E-state index contributed by atoms with van der Waals surface area (Å²) in [6, 6.07) is 4.47. The van der Waals surface area contributed by atoms with Crippen LogP contribution < -0.4 is 0 Å². The summed E-state index contributed by atoms with van der Waals surface area (Å²) >= 11 is 1.56. The molecule has 1 N–H and O–H groups in total. The van der Waals surface area contributed by atoms with Crippen LogP contribution in [0.25, 0.3) is 0 Å². The highest BCUT2D eigenvalue weighted by Crippen LogP contribution is 2.28. The molecule has 1 aromatic rings. The number of thioether (sulfide) groups is 1. The normalized spacial score (nSPS) is 12.8. The van der Waals surface area contributed by atoms with Crippen molar-refractivity contribution in [1.29, 1.82) is 0 Å². The Morgan fingerprint density at radius 3 is 2.87 bits per heavy atom. The Morgan fingerprint density at radius 1 is 1.53 bits per heavy atom. The first-order valence-electron chi connectivity index (χ1n) is 4.74. The van der Waals surface area contributed by atoms with E-state index in [1.807, 2.05) is 0 Å². The van der Waals surface area contributed by atoms with Crippen LogP contribution in [0.1, 0.15) is 18.6 Å². The lowest BCUT2D eigenvalue weighted by molar-refractivity contribution is 0.195. The minimum absolute atomic E-state index is 0.318. The number of aliphatic hydroxyl groups is 1. The molecule has 0 saturated heterocycles. The number of methoxy groups -OCH3 is 1.